The zero-order valence-corrected chi connectivity index (χ0v) is 14.3. The lowest BCUT2D eigenvalue weighted by atomic mass is 10.2. The summed E-state index contributed by atoms with van der Waals surface area (Å²) in [6, 6.07) is 1.39. The first-order chi connectivity index (χ1) is 13.0. The smallest absolute Gasteiger partial charge is 0.407 e. The standard InChI is InChI=1S/C15H18N6O6/c22-15(23)20-2-1-9(8-20)16-12-10(21(24)25)7-11-13(17-12)18-14(27-11)19-3-5-26-6-4-19/h7,9H,1-6,8H2,(H,16,17)(H,22,23). The molecule has 0 spiro atoms. The quantitative estimate of drug-likeness (QED) is 0.586. The second-order valence-corrected chi connectivity index (χ2v) is 6.39. The normalized spacial score (nSPS) is 20.2. The number of carboxylic acid groups (broad SMARTS) is 1. The van der Waals surface area contributed by atoms with E-state index in [1.807, 2.05) is 4.90 Å². The lowest BCUT2D eigenvalue weighted by Gasteiger charge is -2.24. The van der Waals surface area contributed by atoms with E-state index in [2.05, 4.69) is 15.3 Å². The Morgan fingerprint density at radius 3 is 2.78 bits per heavy atom. The number of oxazole rings is 1. The lowest BCUT2D eigenvalue weighted by molar-refractivity contribution is -0.384. The first kappa shape index (κ1) is 17.3. The molecule has 0 aliphatic carbocycles. The topological polar surface area (TPSA) is 147 Å². The molecule has 144 valence electrons. The molecule has 2 N–H and O–H groups in total. The van der Waals surface area contributed by atoms with Crippen LogP contribution in [0.25, 0.3) is 11.2 Å². The van der Waals surface area contributed by atoms with Gasteiger partial charge in [0.1, 0.15) is 0 Å². The van der Waals surface area contributed by atoms with E-state index in [0.717, 1.165) is 0 Å². The predicted octanol–water partition coefficient (Wildman–Crippen LogP) is 1.13. The van der Waals surface area contributed by atoms with Crippen molar-refractivity contribution >= 4 is 34.8 Å². The molecule has 12 heteroatoms. The molecule has 0 radical (unpaired) electrons. The van der Waals surface area contributed by atoms with Crippen LogP contribution >= 0.6 is 0 Å². The van der Waals surface area contributed by atoms with E-state index >= 15 is 0 Å². The van der Waals surface area contributed by atoms with Crippen LogP contribution in [0.2, 0.25) is 0 Å². The van der Waals surface area contributed by atoms with E-state index in [9.17, 15) is 14.9 Å². The van der Waals surface area contributed by atoms with Gasteiger partial charge in [-0.15, -0.1) is 0 Å². The van der Waals surface area contributed by atoms with Crippen LogP contribution in [0.15, 0.2) is 10.5 Å². The minimum absolute atomic E-state index is 0.0616. The number of likely N-dealkylation sites (tertiary alicyclic amines) is 1. The largest absolute Gasteiger partial charge is 0.465 e. The maximum absolute atomic E-state index is 11.5. The Kier molecular flexibility index (Phi) is 4.39. The number of fused-ring (bicyclic) bond motifs is 1. The van der Waals surface area contributed by atoms with Crippen molar-refractivity contribution in [2.75, 3.05) is 49.6 Å². The zero-order valence-electron chi connectivity index (χ0n) is 14.3. The highest BCUT2D eigenvalue weighted by molar-refractivity contribution is 5.78. The number of nitrogens with one attached hydrogen (secondary N) is 1. The van der Waals surface area contributed by atoms with Gasteiger partial charge in [-0.1, -0.05) is 0 Å². The van der Waals surface area contributed by atoms with Crippen molar-refractivity contribution < 1.29 is 24.0 Å². The van der Waals surface area contributed by atoms with Crippen molar-refractivity contribution in [3.8, 4) is 0 Å². The van der Waals surface area contributed by atoms with Gasteiger partial charge in [0, 0.05) is 32.2 Å². The summed E-state index contributed by atoms with van der Waals surface area (Å²) in [6.45, 7) is 2.96. The van der Waals surface area contributed by atoms with E-state index < -0.39 is 11.0 Å². The molecule has 2 fully saturated rings. The highest BCUT2D eigenvalue weighted by Gasteiger charge is 2.29. The summed E-state index contributed by atoms with van der Waals surface area (Å²) >= 11 is 0. The fourth-order valence-corrected chi connectivity index (χ4v) is 3.22. The van der Waals surface area contributed by atoms with Crippen molar-refractivity contribution in [3.05, 3.63) is 16.2 Å². The van der Waals surface area contributed by atoms with Gasteiger partial charge in [-0.2, -0.15) is 4.98 Å². The molecule has 4 heterocycles. The number of nitro groups is 1. The molecule has 0 saturated carbocycles. The highest BCUT2D eigenvalue weighted by Crippen LogP contribution is 2.31. The average molecular weight is 378 g/mol. The molecule has 2 saturated heterocycles. The number of aromatic nitrogens is 2. The molecular formula is C15H18N6O6. The number of anilines is 2. The van der Waals surface area contributed by atoms with Crippen LogP contribution in [0.5, 0.6) is 0 Å². The SMILES string of the molecule is O=C(O)N1CCC(Nc2nc3nc(N4CCOCC4)oc3cc2[N+](=O)[O-])C1. The number of rotatable bonds is 4. The Bertz CT molecular complexity index is 879. The molecule has 1 amide bonds. The first-order valence-corrected chi connectivity index (χ1v) is 8.54. The summed E-state index contributed by atoms with van der Waals surface area (Å²) in [5, 5.41) is 23.5. The van der Waals surface area contributed by atoms with Gasteiger partial charge in [-0.3, -0.25) is 10.1 Å². The van der Waals surface area contributed by atoms with Crippen LogP contribution in [0.1, 0.15) is 6.42 Å². The maximum atomic E-state index is 11.5. The summed E-state index contributed by atoms with van der Waals surface area (Å²) in [6.07, 6.45) is -0.468. The number of nitrogens with zero attached hydrogens (tertiary/aromatic N) is 5. The second-order valence-electron chi connectivity index (χ2n) is 6.39. The third-order valence-electron chi connectivity index (χ3n) is 4.63. The molecule has 1 unspecified atom stereocenters. The fourth-order valence-electron chi connectivity index (χ4n) is 3.22. The average Bonchev–Trinajstić information content (AvgIpc) is 3.28. The molecule has 2 aromatic heterocycles. The number of amides is 1. The van der Waals surface area contributed by atoms with Crippen LogP contribution < -0.4 is 10.2 Å². The number of pyridine rings is 1. The van der Waals surface area contributed by atoms with Gasteiger partial charge in [0.15, 0.2) is 5.58 Å². The van der Waals surface area contributed by atoms with Gasteiger partial charge < -0.3 is 29.4 Å². The van der Waals surface area contributed by atoms with E-state index in [1.165, 1.54) is 11.0 Å². The monoisotopic (exact) mass is 378 g/mol. The van der Waals surface area contributed by atoms with Crippen molar-refractivity contribution in [1.82, 2.24) is 14.9 Å². The van der Waals surface area contributed by atoms with Gasteiger partial charge in [-0.05, 0) is 6.42 Å². The van der Waals surface area contributed by atoms with Crippen LogP contribution in [0, 0.1) is 10.1 Å². The van der Waals surface area contributed by atoms with E-state index in [0.29, 0.717) is 45.3 Å². The molecule has 4 rings (SSSR count). The molecule has 2 aromatic rings. The van der Waals surface area contributed by atoms with Crippen molar-refractivity contribution in [3.63, 3.8) is 0 Å². The minimum atomic E-state index is -1.01. The van der Waals surface area contributed by atoms with Crippen LogP contribution in [-0.2, 0) is 4.74 Å². The van der Waals surface area contributed by atoms with Crippen molar-refractivity contribution in [2.24, 2.45) is 0 Å². The lowest BCUT2D eigenvalue weighted by Crippen LogP contribution is -2.36. The number of hydrogen-bond acceptors (Lipinski definition) is 9. The van der Waals surface area contributed by atoms with Crippen molar-refractivity contribution in [2.45, 2.75) is 12.5 Å². The second kappa shape index (κ2) is 6.87. The van der Waals surface area contributed by atoms with E-state index in [1.54, 1.807) is 0 Å². The minimum Gasteiger partial charge on any atom is -0.465 e. The van der Waals surface area contributed by atoms with Crippen LogP contribution in [-0.4, -0.2) is 76.4 Å². The summed E-state index contributed by atoms with van der Waals surface area (Å²) in [5.74, 6) is 0.0616. The van der Waals surface area contributed by atoms with Crippen LogP contribution in [0.4, 0.5) is 22.3 Å². The first-order valence-electron chi connectivity index (χ1n) is 8.54. The molecule has 0 aromatic carbocycles. The molecule has 1 atom stereocenters. The molecule has 12 nitrogen and oxygen atoms in total. The summed E-state index contributed by atoms with van der Waals surface area (Å²) in [4.78, 5) is 33.7. The number of morpholine rings is 1. The summed E-state index contributed by atoms with van der Waals surface area (Å²) in [5.41, 5.74) is 0.256. The Labute approximate surface area is 152 Å². The molecule has 2 aliphatic heterocycles. The van der Waals surface area contributed by atoms with Gasteiger partial charge in [-0.25, -0.2) is 9.78 Å². The predicted molar refractivity (Wildman–Crippen MR) is 93.1 cm³/mol. The number of ether oxygens (including phenoxy) is 1. The molecule has 0 bridgehead atoms. The summed E-state index contributed by atoms with van der Waals surface area (Å²) in [7, 11) is 0. The number of carbonyl (C=O) groups is 1. The number of hydrogen-bond donors (Lipinski definition) is 2. The molecule has 2 aliphatic rings. The third kappa shape index (κ3) is 3.43. The van der Waals surface area contributed by atoms with E-state index in [-0.39, 0.29) is 35.3 Å². The Balaban J connectivity index is 1.62. The van der Waals surface area contributed by atoms with Gasteiger partial charge in [0.25, 0.3) is 6.01 Å². The van der Waals surface area contributed by atoms with Gasteiger partial charge in [0.05, 0.1) is 24.2 Å². The van der Waals surface area contributed by atoms with Crippen LogP contribution in [0.3, 0.4) is 0 Å². The van der Waals surface area contributed by atoms with Gasteiger partial charge in [0.2, 0.25) is 11.5 Å². The Morgan fingerprint density at radius 2 is 2.11 bits per heavy atom. The van der Waals surface area contributed by atoms with Gasteiger partial charge >= 0.3 is 11.8 Å². The van der Waals surface area contributed by atoms with Crippen molar-refractivity contribution in [1.29, 1.82) is 0 Å². The third-order valence-corrected chi connectivity index (χ3v) is 4.63. The Morgan fingerprint density at radius 1 is 1.33 bits per heavy atom. The van der Waals surface area contributed by atoms with E-state index in [4.69, 9.17) is 14.3 Å². The molecular weight excluding hydrogens is 360 g/mol. The maximum Gasteiger partial charge on any atom is 0.407 e. The summed E-state index contributed by atoms with van der Waals surface area (Å²) < 4.78 is 10.9. The highest BCUT2D eigenvalue weighted by atomic mass is 16.6. The Hall–Kier alpha value is -3.15. The fraction of sp³-hybridized carbons (Fsp3) is 0.533. The molecule has 27 heavy (non-hydrogen) atoms. The zero-order chi connectivity index (χ0) is 19.0.